The molecule has 2 heterocycles. The number of ether oxygens (including phenoxy) is 1. The van der Waals surface area contributed by atoms with Crippen LogP contribution in [0, 0.1) is 0 Å². The minimum atomic E-state index is -4.63. The summed E-state index contributed by atoms with van der Waals surface area (Å²) in [6, 6.07) is 4.90. The molecule has 1 aliphatic rings. The van der Waals surface area contributed by atoms with Gasteiger partial charge < -0.3 is 10.1 Å². The van der Waals surface area contributed by atoms with Crippen molar-refractivity contribution < 1.29 is 22.7 Å². The van der Waals surface area contributed by atoms with E-state index in [0.717, 1.165) is 12.1 Å². The van der Waals surface area contributed by atoms with E-state index in [1.165, 1.54) is 0 Å². The molecule has 0 spiro atoms. The number of halogens is 5. The van der Waals surface area contributed by atoms with Crippen molar-refractivity contribution in [3.8, 4) is 5.88 Å². The molecule has 1 aromatic heterocycles. The molecule has 1 atom stereocenters. The highest BCUT2D eigenvalue weighted by atomic mass is 35.5. The third-order valence-corrected chi connectivity index (χ3v) is 4.51. The second-order valence-electron chi connectivity index (χ2n) is 5.39. The van der Waals surface area contributed by atoms with Gasteiger partial charge in [0.2, 0.25) is 11.8 Å². The van der Waals surface area contributed by atoms with Crippen LogP contribution in [0.1, 0.15) is 22.7 Å². The first-order chi connectivity index (χ1) is 11.8. The van der Waals surface area contributed by atoms with Crippen LogP contribution in [-0.4, -0.2) is 17.5 Å². The van der Waals surface area contributed by atoms with Crippen LogP contribution in [0.4, 0.5) is 13.2 Å². The fourth-order valence-corrected chi connectivity index (χ4v) is 3.16. The van der Waals surface area contributed by atoms with Crippen LogP contribution in [-0.2, 0) is 17.4 Å². The third-order valence-electron chi connectivity index (χ3n) is 3.73. The van der Waals surface area contributed by atoms with Crippen molar-refractivity contribution in [1.82, 2.24) is 10.3 Å². The van der Waals surface area contributed by atoms with Gasteiger partial charge >= 0.3 is 6.18 Å². The first kappa shape index (κ1) is 17.8. The van der Waals surface area contributed by atoms with Gasteiger partial charge in [-0.15, -0.1) is 0 Å². The fraction of sp³-hybridized carbons (Fsp3) is 0.250. The Kier molecular flexibility index (Phi) is 4.79. The summed E-state index contributed by atoms with van der Waals surface area (Å²) >= 11 is 11.7. The zero-order chi connectivity index (χ0) is 18.2. The summed E-state index contributed by atoms with van der Waals surface area (Å²) < 4.78 is 44.2. The molecule has 25 heavy (non-hydrogen) atoms. The molecule has 0 saturated heterocycles. The SMILES string of the molecule is O=C(Cc1c(Cl)ccc(C(F)(F)F)c1Cl)NC1COc2ncccc21. The molecule has 0 saturated carbocycles. The van der Waals surface area contributed by atoms with E-state index in [4.69, 9.17) is 27.9 Å². The summed E-state index contributed by atoms with van der Waals surface area (Å²) in [5.41, 5.74) is -0.391. The van der Waals surface area contributed by atoms with Crippen molar-refractivity contribution in [2.75, 3.05) is 6.61 Å². The average Bonchev–Trinajstić information content (AvgIpc) is 2.93. The van der Waals surface area contributed by atoms with Gasteiger partial charge in [-0.05, 0) is 29.8 Å². The summed E-state index contributed by atoms with van der Waals surface area (Å²) in [7, 11) is 0. The summed E-state index contributed by atoms with van der Waals surface area (Å²) in [4.78, 5) is 16.3. The molecule has 1 amide bonds. The molecule has 1 unspecified atom stereocenters. The smallest absolute Gasteiger partial charge is 0.417 e. The Balaban J connectivity index is 1.78. The van der Waals surface area contributed by atoms with E-state index in [2.05, 4.69) is 10.3 Å². The number of nitrogens with one attached hydrogen (secondary N) is 1. The number of pyridine rings is 1. The monoisotopic (exact) mass is 390 g/mol. The fourth-order valence-electron chi connectivity index (χ4n) is 2.55. The van der Waals surface area contributed by atoms with E-state index in [-0.39, 0.29) is 23.6 Å². The van der Waals surface area contributed by atoms with Crippen molar-refractivity contribution in [1.29, 1.82) is 0 Å². The number of amides is 1. The van der Waals surface area contributed by atoms with Crippen molar-refractivity contribution in [2.45, 2.75) is 18.6 Å². The Morgan fingerprint density at radius 1 is 1.32 bits per heavy atom. The lowest BCUT2D eigenvalue weighted by atomic mass is 10.1. The number of nitrogens with zero attached hydrogens (tertiary/aromatic N) is 1. The highest BCUT2D eigenvalue weighted by Crippen LogP contribution is 2.39. The number of benzene rings is 1. The molecule has 1 aromatic carbocycles. The topological polar surface area (TPSA) is 51.2 Å². The van der Waals surface area contributed by atoms with Crippen LogP contribution < -0.4 is 10.1 Å². The average molecular weight is 391 g/mol. The Morgan fingerprint density at radius 3 is 2.80 bits per heavy atom. The maximum atomic E-state index is 12.9. The first-order valence-corrected chi connectivity index (χ1v) is 7.94. The van der Waals surface area contributed by atoms with Gasteiger partial charge in [0, 0.05) is 16.8 Å². The van der Waals surface area contributed by atoms with Crippen molar-refractivity contribution in [3.05, 3.63) is 57.2 Å². The number of aromatic nitrogens is 1. The van der Waals surface area contributed by atoms with Crippen LogP contribution in [0.25, 0.3) is 0 Å². The molecule has 0 bridgehead atoms. The molecule has 2 aromatic rings. The molecule has 1 N–H and O–H groups in total. The van der Waals surface area contributed by atoms with E-state index in [1.807, 2.05) is 0 Å². The summed E-state index contributed by atoms with van der Waals surface area (Å²) in [6.07, 6.45) is -3.45. The van der Waals surface area contributed by atoms with Crippen LogP contribution in [0.5, 0.6) is 5.88 Å². The lowest BCUT2D eigenvalue weighted by Gasteiger charge is -2.15. The van der Waals surface area contributed by atoms with Gasteiger partial charge in [-0.2, -0.15) is 13.2 Å². The molecule has 1 aliphatic heterocycles. The number of carbonyl (C=O) groups is 1. The van der Waals surface area contributed by atoms with Gasteiger partial charge in [0.25, 0.3) is 0 Å². The van der Waals surface area contributed by atoms with Gasteiger partial charge in [-0.3, -0.25) is 4.79 Å². The second-order valence-corrected chi connectivity index (χ2v) is 6.18. The Morgan fingerprint density at radius 2 is 2.08 bits per heavy atom. The maximum Gasteiger partial charge on any atom is 0.417 e. The van der Waals surface area contributed by atoms with Gasteiger partial charge in [-0.25, -0.2) is 4.98 Å². The van der Waals surface area contributed by atoms with E-state index in [1.54, 1.807) is 18.3 Å². The Bertz CT molecular complexity index is 828. The van der Waals surface area contributed by atoms with Gasteiger partial charge in [0.05, 0.1) is 23.0 Å². The van der Waals surface area contributed by atoms with Gasteiger partial charge in [-0.1, -0.05) is 23.2 Å². The Hall–Kier alpha value is -1.99. The number of alkyl halides is 3. The zero-order valence-electron chi connectivity index (χ0n) is 12.5. The predicted octanol–water partition coefficient (Wildman–Crippen LogP) is 4.20. The van der Waals surface area contributed by atoms with Crippen LogP contribution in [0.2, 0.25) is 10.0 Å². The van der Waals surface area contributed by atoms with Gasteiger partial charge in [0.1, 0.15) is 6.61 Å². The minimum absolute atomic E-state index is 0.00195. The Labute approximate surface area is 150 Å². The number of fused-ring (bicyclic) bond motifs is 1. The number of hydrogen-bond donors (Lipinski definition) is 1. The van der Waals surface area contributed by atoms with E-state index in [9.17, 15) is 18.0 Å². The predicted molar refractivity (Wildman–Crippen MR) is 85.8 cm³/mol. The normalized spacial score (nSPS) is 16.3. The molecule has 0 fully saturated rings. The summed E-state index contributed by atoms with van der Waals surface area (Å²) in [5, 5.41) is 2.12. The van der Waals surface area contributed by atoms with Crippen molar-refractivity contribution in [3.63, 3.8) is 0 Å². The highest BCUT2D eigenvalue weighted by Gasteiger charge is 2.35. The molecule has 132 valence electrons. The van der Waals surface area contributed by atoms with Crippen LogP contribution in [0.3, 0.4) is 0 Å². The minimum Gasteiger partial charge on any atom is -0.475 e. The second kappa shape index (κ2) is 6.72. The maximum absolute atomic E-state index is 12.9. The van der Waals surface area contributed by atoms with Crippen LogP contribution in [0.15, 0.2) is 30.5 Å². The molecular formula is C16H11Cl2F3N2O2. The molecular weight excluding hydrogens is 380 g/mol. The van der Waals surface area contributed by atoms with Crippen LogP contribution >= 0.6 is 23.2 Å². The largest absolute Gasteiger partial charge is 0.475 e. The highest BCUT2D eigenvalue weighted by molar-refractivity contribution is 6.36. The lowest BCUT2D eigenvalue weighted by Crippen LogP contribution is -2.31. The third kappa shape index (κ3) is 3.67. The standard InChI is InChI=1S/C16H11Cl2F3N2O2/c17-11-4-3-10(16(19,20)21)14(18)9(11)6-13(24)23-12-7-25-15-8(12)2-1-5-22-15/h1-5,12H,6-7H2,(H,23,24). The van der Waals surface area contributed by atoms with E-state index >= 15 is 0 Å². The van der Waals surface area contributed by atoms with Gasteiger partial charge in [0.15, 0.2) is 0 Å². The number of hydrogen-bond acceptors (Lipinski definition) is 3. The van der Waals surface area contributed by atoms with E-state index in [0.29, 0.717) is 11.4 Å². The first-order valence-electron chi connectivity index (χ1n) is 7.18. The molecule has 0 radical (unpaired) electrons. The molecule has 9 heteroatoms. The zero-order valence-corrected chi connectivity index (χ0v) is 14.0. The number of carbonyl (C=O) groups excluding carboxylic acids is 1. The van der Waals surface area contributed by atoms with Crippen molar-refractivity contribution in [2.24, 2.45) is 0 Å². The molecule has 4 nitrogen and oxygen atoms in total. The van der Waals surface area contributed by atoms with E-state index < -0.39 is 28.7 Å². The quantitative estimate of drug-likeness (QED) is 0.854. The summed E-state index contributed by atoms with van der Waals surface area (Å²) in [6.45, 7) is 0.197. The van der Waals surface area contributed by atoms with Crippen molar-refractivity contribution >= 4 is 29.1 Å². The molecule has 0 aliphatic carbocycles. The number of rotatable bonds is 3. The lowest BCUT2D eigenvalue weighted by molar-refractivity contribution is -0.137. The summed E-state index contributed by atoms with van der Waals surface area (Å²) in [5.74, 6) is -0.101. The molecule has 3 rings (SSSR count).